The number of carbonyl (C=O) groups is 1. The smallest absolute Gasteiger partial charge is 0.416 e. The lowest BCUT2D eigenvalue weighted by atomic mass is 10.1. The predicted octanol–water partition coefficient (Wildman–Crippen LogP) is 7.67. The number of aryl methyl sites for hydroxylation is 2. The Morgan fingerprint density at radius 3 is 2.27 bits per heavy atom. The SMILES string of the molecule is Cc1ccc(NC(=O)/C(C#N)=C\c2cc(C)n(-c3ccc(Oc4ccc(C(F)(F)F)cc4[N+](=O)[O-])cc3)c2C)cc1. The molecule has 0 spiro atoms. The van der Waals surface area contributed by atoms with Crippen LogP contribution in [0.3, 0.4) is 0 Å². The highest BCUT2D eigenvalue weighted by Crippen LogP contribution is 2.38. The second kappa shape index (κ2) is 11.4. The van der Waals surface area contributed by atoms with E-state index >= 15 is 0 Å². The van der Waals surface area contributed by atoms with Gasteiger partial charge in [0.2, 0.25) is 5.75 Å². The molecule has 1 heterocycles. The fraction of sp³-hybridized carbons (Fsp3) is 0.133. The van der Waals surface area contributed by atoms with E-state index in [4.69, 9.17) is 4.74 Å². The van der Waals surface area contributed by atoms with Crippen molar-refractivity contribution in [2.75, 3.05) is 5.32 Å². The average molecular weight is 561 g/mol. The number of rotatable bonds is 7. The highest BCUT2D eigenvalue weighted by Gasteiger charge is 2.33. The lowest BCUT2D eigenvalue weighted by Crippen LogP contribution is -2.13. The molecule has 8 nitrogen and oxygen atoms in total. The first-order valence-corrected chi connectivity index (χ1v) is 12.2. The van der Waals surface area contributed by atoms with Gasteiger partial charge in [-0.25, -0.2) is 0 Å². The lowest BCUT2D eigenvalue weighted by Gasteiger charge is -2.12. The van der Waals surface area contributed by atoms with E-state index in [9.17, 15) is 33.3 Å². The minimum absolute atomic E-state index is 0.0762. The fourth-order valence-electron chi connectivity index (χ4n) is 4.18. The van der Waals surface area contributed by atoms with Gasteiger partial charge in [-0.15, -0.1) is 0 Å². The van der Waals surface area contributed by atoms with Crippen molar-refractivity contribution in [1.82, 2.24) is 4.57 Å². The molecule has 3 aromatic carbocycles. The number of nitrogens with one attached hydrogen (secondary N) is 1. The number of ether oxygens (including phenoxy) is 1. The van der Waals surface area contributed by atoms with Crippen molar-refractivity contribution in [3.8, 4) is 23.3 Å². The monoisotopic (exact) mass is 560 g/mol. The molecule has 0 fully saturated rings. The number of nitriles is 1. The largest absolute Gasteiger partial charge is 0.450 e. The van der Waals surface area contributed by atoms with Crippen LogP contribution in [0.5, 0.6) is 11.5 Å². The molecule has 0 radical (unpaired) electrons. The van der Waals surface area contributed by atoms with Crippen LogP contribution in [0.4, 0.5) is 24.5 Å². The molecule has 41 heavy (non-hydrogen) atoms. The third-order valence-electron chi connectivity index (χ3n) is 6.25. The van der Waals surface area contributed by atoms with Crippen molar-refractivity contribution in [3.05, 3.63) is 117 Å². The number of anilines is 1. The molecule has 1 aromatic heterocycles. The molecule has 4 rings (SSSR count). The van der Waals surface area contributed by atoms with Crippen LogP contribution >= 0.6 is 0 Å². The van der Waals surface area contributed by atoms with Crippen molar-refractivity contribution < 1.29 is 27.6 Å². The molecule has 0 saturated heterocycles. The Balaban J connectivity index is 1.57. The zero-order valence-corrected chi connectivity index (χ0v) is 22.1. The number of halogens is 3. The number of hydrogen-bond acceptors (Lipinski definition) is 5. The van der Waals surface area contributed by atoms with E-state index in [0.29, 0.717) is 23.0 Å². The van der Waals surface area contributed by atoms with E-state index in [1.165, 1.54) is 18.2 Å². The number of amides is 1. The number of nitro benzene ring substituents is 1. The summed E-state index contributed by atoms with van der Waals surface area (Å²) in [5.74, 6) is -0.691. The molecule has 0 saturated carbocycles. The van der Waals surface area contributed by atoms with Crippen LogP contribution in [-0.2, 0) is 11.0 Å². The van der Waals surface area contributed by atoms with Crippen LogP contribution in [0.1, 0.15) is 28.1 Å². The van der Waals surface area contributed by atoms with E-state index in [-0.39, 0.29) is 17.1 Å². The van der Waals surface area contributed by atoms with E-state index in [1.807, 2.05) is 49.6 Å². The van der Waals surface area contributed by atoms with E-state index in [1.54, 1.807) is 24.3 Å². The average Bonchev–Trinajstić information content (AvgIpc) is 3.20. The number of benzene rings is 3. The zero-order chi connectivity index (χ0) is 29.9. The van der Waals surface area contributed by atoms with Crippen molar-refractivity contribution in [2.45, 2.75) is 26.9 Å². The molecule has 0 unspecified atom stereocenters. The Kier molecular flexibility index (Phi) is 7.96. The Morgan fingerprint density at radius 2 is 1.68 bits per heavy atom. The third kappa shape index (κ3) is 6.45. The van der Waals surface area contributed by atoms with Crippen LogP contribution in [0.15, 0.2) is 78.4 Å². The maximum Gasteiger partial charge on any atom is 0.416 e. The second-order valence-corrected chi connectivity index (χ2v) is 9.19. The van der Waals surface area contributed by atoms with Gasteiger partial charge < -0.3 is 14.6 Å². The van der Waals surface area contributed by atoms with Crippen LogP contribution in [-0.4, -0.2) is 15.4 Å². The summed E-state index contributed by atoms with van der Waals surface area (Å²) < 4.78 is 46.4. The first-order valence-electron chi connectivity index (χ1n) is 12.2. The van der Waals surface area contributed by atoms with Crippen molar-refractivity contribution in [1.29, 1.82) is 5.26 Å². The Bertz CT molecular complexity index is 1700. The number of aromatic nitrogens is 1. The summed E-state index contributed by atoms with van der Waals surface area (Å²) in [4.78, 5) is 23.1. The van der Waals surface area contributed by atoms with Crippen LogP contribution in [0.2, 0.25) is 0 Å². The number of alkyl halides is 3. The van der Waals surface area contributed by atoms with Gasteiger partial charge in [-0.3, -0.25) is 14.9 Å². The first kappa shape index (κ1) is 28.6. The molecule has 1 N–H and O–H groups in total. The minimum atomic E-state index is -4.73. The lowest BCUT2D eigenvalue weighted by molar-refractivity contribution is -0.385. The normalized spacial score (nSPS) is 11.6. The van der Waals surface area contributed by atoms with Crippen LogP contribution < -0.4 is 10.1 Å². The standard InChI is InChI=1S/C30H23F3N4O4/c1-18-4-7-24(8-5-18)35-29(38)22(17-34)15-21-14-19(2)36(20(21)3)25-9-11-26(12-10-25)41-28-13-6-23(30(31,32)33)16-27(28)37(39)40/h4-16H,1-3H3,(H,35,38)/b22-15-. The van der Waals surface area contributed by atoms with Crippen LogP contribution in [0.25, 0.3) is 11.8 Å². The number of hydrogen-bond donors (Lipinski definition) is 1. The zero-order valence-electron chi connectivity index (χ0n) is 22.1. The Labute approximate surface area is 233 Å². The highest BCUT2D eigenvalue weighted by molar-refractivity contribution is 6.09. The molecule has 208 valence electrons. The summed E-state index contributed by atoms with van der Waals surface area (Å²) >= 11 is 0. The summed E-state index contributed by atoms with van der Waals surface area (Å²) in [6.07, 6.45) is -3.23. The topological polar surface area (TPSA) is 110 Å². The highest BCUT2D eigenvalue weighted by atomic mass is 19.4. The third-order valence-corrected chi connectivity index (χ3v) is 6.25. The molecule has 4 aromatic rings. The molecule has 1 amide bonds. The molecule has 0 aliphatic rings. The van der Waals surface area contributed by atoms with Gasteiger partial charge in [0.25, 0.3) is 5.91 Å². The molecule has 0 atom stereocenters. The van der Waals surface area contributed by atoms with Gasteiger partial charge in [0, 0.05) is 28.8 Å². The van der Waals surface area contributed by atoms with Gasteiger partial charge in [-0.2, -0.15) is 18.4 Å². The summed E-state index contributed by atoms with van der Waals surface area (Å²) in [6, 6.07) is 19.4. The van der Waals surface area contributed by atoms with Crippen molar-refractivity contribution in [2.24, 2.45) is 0 Å². The maximum atomic E-state index is 13.0. The first-order chi connectivity index (χ1) is 19.4. The quantitative estimate of drug-likeness (QED) is 0.108. The number of nitro groups is 1. The molecular weight excluding hydrogens is 537 g/mol. The minimum Gasteiger partial charge on any atom is -0.450 e. The Hall–Kier alpha value is -5.37. The number of carbonyl (C=O) groups excluding carboxylic acids is 1. The molecule has 0 aliphatic carbocycles. The van der Waals surface area contributed by atoms with Gasteiger partial charge >= 0.3 is 11.9 Å². The van der Waals surface area contributed by atoms with Gasteiger partial charge in [0.05, 0.1) is 10.5 Å². The maximum absolute atomic E-state index is 13.0. The second-order valence-electron chi connectivity index (χ2n) is 9.19. The van der Waals surface area contributed by atoms with Gasteiger partial charge in [-0.1, -0.05) is 17.7 Å². The van der Waals surface area contributed by atoms with E-state index in [2.05, 4.69) is 5.32 Å². The van der Waals surface area contributed by atoms with Gasteiger partial charge in [-0.05, 0) is 87.0 Å². The summed E-state index contributed by atoms with van der Waals surface area (Å²) in [5.41, 5.74) is 2.45. The fourth-order valence-corrected chi connectivity index (χ4v) is 4.18. The molecule has 0 aliphatic heterocycles. The predicted molar refractivity (Wildman–Crippen MR) is 147 cm³/mol. The molecular formula is C30H23F3N4O4. The molecule has 0 bridgehead atoms. The summed E-state index contributed by atoms with van der Waals surface area (Å²) in [5, 5.41) is 23.7. The van der Waals surface area contributed by atoms with Gasteiger partial charge in [0.15, 0.2) is 0 Å². The van der Waals surface area contributed by atoms with Gasteiger partial charge in [0.1, 0.15) is 17.4 Å². The Morgan fingerprint density at radius 1 is 1.02 bits per heavy atom. The van der Waals surface area contributed by atoms with E-state index < -0.39 is 28.3 Å². The van der Waals surface area contributed by atoms with Crippen LogP contribution in [0, 0.1) is 42.2 Å². The number of nitrogens with zero attached hydrogens (tertiary/aromatic N) is 3. The molecule has 11 heteroatoms. The summed E-state index contributed by atoms with van der Waals surface area (Å²) in [6.45, 7) is 5.59. The van der Waals surface area contributed by atoms with E-state index in [0.717, 1.165) is 29.1 Å². The van der Waals surface area contributed by atoms with Crippen molar-refractivity contribution >= 4 is 23.4 Å². The summed E-state index contributed by atoms with van der Waals surface area (Å²) in [7, 11) is 0. The van der Waals surface area contributed by atoms with Crippen molar-refractivity contribution in [3.63, 3.8) is 0 Å².